The van der Waals surface area contributed by atoms with Gasteiger partial charge in [0.1, 0.15) is 0 Å². The predicted molar refractivity (Wildman–Crippen MR) is 88.7 cm³/mol. The van der Waals surface area contributed by atoms with Crippen molar-refractivity contribution in [2.24, 2.45) is 0 Å². The molecular formula is C18H29N3. The van der Waals surface area contributed by atoms with Crippen molar-refractivity contribution >= 4 is 0 Å². The standard InChI is InChI=1S/C18H29N3/c1-3-17-14-20(2)9-6-10-21(17)13-16-12-19-11-15-7-4-5-8-18(15)16/h4-5,7-8,16-17,19H,3,6,9-14H2,1-2H3. The zero-order valence-electron chi connectivity index (χ0n) is 13.5. The third kappa shape index (κ3) is 3.47. The Hall–Kier alpha value is -0.900. The van der Waals surface area contributed by atoms with E-state index < -0.39 is 0 Å². The van der Waals surface area contributed by atoms with Crippen LogP contribution in [0.2, 0.25) is 0 Å². The second-order valence-electron chi connectivity index (χ2n) is 6.70. The molecule has 2 aliphatic rings. The largest absolute Gasteiger partial charge is 0.312 e. The highest BCUT2D eigenvalue weighted by Gasteiger charge is 2.27. The van der Waals surface area contributed by atoms with Crippen LogP contribution in [0.5, 0.6) is 0 Å². The molecular weight excluding hydrogens is 258 g/mol. The number of nitrogens with one attached hydrogen (secondary N) is 1. The van der Waals surface area contributed by atoms with Gasteiger partial charge in [-0.1, -0.05) is 31.2 Å². The molecule has 1 saturated heterocycles. The van der Waals surface area contributed by atoms with Gasteiger partial charge in [-0.3, -0.25) is 4.90 Å². The van der Waals surface area contributed by atoms with Crippen LogP contribution in [0.4, 0.5) is 0 Å². The van der Waals surface area contributed by atoms with Crippen molar-refractivity contribution in [1.29, 1.82) is 0 Å². The Bertz CT molecular complexity index is 460. The molecule has 0 radical (unpaired) electrons. The first-order chi connectivity index (χ1) is 10.3. The molecule has 3 heteroatoms. The van der Waals surface area contributed by atoms with Crippen molar-refractivity contribution in [1.82, 2.24) is 15.1 Å². The van der Waals surface area contributed by atoms with Crippen LogP contribution in [0.25, 0.3) is 0 Å². The van der Waals surface area contributed by atoms with Gasteiger partial charge in [0.2, 0.25) is 0 Å². The number of hydrogen-bond donors (Lipinski definition) is 1. The highest BCUT2D eigenvalue weighted by atomic mass is 15.2. The van der Waals surface area contributed by atoms with Gasteiger partial charge in [-0.15, -0.1) is 0 Å². The van der Waals surface area contributed by atoms with E-state index in [0.717, 1.165) is 13.1 Å². The summed E-state index contributed by atoms with van der Waals surface area (Å²) in [6.07, 6.45) is 2.56. The Labute approximate surface area is 129 Å². The maximum Gasteiger partial charge on any atom is 0.0220 e. The quantitative estimate of drug-likeness (QED) is 0.920. The van der Waals surface area contributed by atoms with Crippen LogP contribution in [0.3, 0.4) is 0 Å². The number of benzene rings is 1. The minimum Gasteiger partial charge on any atom is -0.312 e. The lowest BCUT2D eigenvalue weighted by molar-refractivity contribution is 0.170. The molecule has 0 amide bonds. The molecule has 1 aromatic rings. The monoisotopic (exact) mass is 287 g/mol. The third-order valence-corrected chi connectivity index (χ3v) is 5.15. The molecule has 0 aliphatic carbocycles. The van der Waals surface area contributed by atoms with Crippen LogP contribution in [0.1, 0.15) is 36.8 Å². The third-order valence-electron chi connectivity index (χ3n) is 5.15. The fourth-order valence-electron chi connectivity index (χ4n) is 3.95. The molecule has 2 atom stereocenters. The lowest BCUT2D eigenvalue weighted by atomic mass is 9.90. The fraction of sp³-hybridized carbons (Fsp3) is 0.667. The Morgan fingerprint density at radius 1 is 1.24 bits per heavy atom. The Balaban J connectivity index is 1.73. The van der Waals surface area contributed by atoms with Gasteiger partial charge in [0.25, 0.3) is 0 Å². The Morgan fingerprint density at radius 3 is 2.95 bits per heavy atom. The summed E-state index contributed by atoms with van der Waals surface area (Å²) >= 11 is 0. The molecule has 3 rings (SSSR count). The van der Waals surface area contributed by atoms with E-state index in [0.29, 0.717) is 12.0 Å². The summed E-state index contributed by atoms with van der Waals surface area (Å²) in [5.74, 6) is 0.646. The average Bonchev–Trinajstić information content (AvgIpc) is 2.69. The van der Waals surface area contributed by atoms with E-state index >= 15 is 0 Å². The maximum atomic E-state index is 3.60. The lowest BCUT2D eigenvalue weighted by Crippen LogP contribution is -2.44. The van der Waals surface area contributed by atoms with Gasteiger partial charge in [-0.2, -0.15) is 0 Å². The number of likely N-dealkylation sites (N-methyl/N-ethyl adjacent to an activating group) is 1. The molecule has 3 nitrogen and oxygen atoms in total. The van der Waals surface area contributed by atoms with Gasteiger partial charge in [0.05, 0.1) is 0 Å². The van der Waals surface area contributed by atoms with Gasteiger partial charge in [-0.05, 0) is 44.1 Å². The first-order valence-corrected chi connectivity index (χ1v) is 8.49. The number of hydrogen-bond acceptors (Lipinski definition) is 3. The summed E-state index contributed by atoms with van der Waals surface area (Å²) in [6, 6.07) is 9.70. The van der Waals surface area contributed by atoms with E-state index in [1.54, 1.807) is 5.56 Å². The normalized spacial score (nSPS) is 28.1. The van der Waals surface area contributed by atoms with Crippen molar-refractivity contribution < 1.29 is 0 Å². The smallest absolute Gasteiger partial charge is 0.0220 e. The van der Waals surface area contributed by atoms with Crippen molar-refractivity contribution in [3.63, 3.8) is 0 Å². The van der Waals surface area contributed by atoms with E-state index in [9.17, 15) is 0 Å². The molecule has 0 spiro atoms. The maximum absolute atomic E-state index is 3.60. The van der Waals surface area contributed by atoms with Crippen LogP contribution in [0.15, 0.2) is 24.3 Å². The summed E-state index contributed by atoms with van der Waals surface area (Å²) in [5.41, 5.74) is 3.07. The van der Waals surface area contributed by atoms with Gasteiger partial charge < -0.3 is 10.2 Å². The van der Waals surface area contributed by atoms with Crippen LogP contribution < -0.4 is 5.32 Å². The lowest BCUT2D eigenvalue weighted by Gasteiger charge is -2.35. The van der Waals surface area contributed by atoms with Gasteiger partial charge in [0.15, 0.2) is 0 Å². The molecule has 1 N–H and O–H groups in total. The Morgan fingerprint density at radius 2 is 2.10 bits per heavy atom. The summed E-state index contributed by atoms with van der Waals surface area (Å²) in [5, 5.41) is 3.60. The van der Waals surface area contributed by atoms with Crippen molar-refractivity contribution in [2.75, 3.05) is 39.8 Å². The number of rotatable bonds is 3. The average molecular weight is 287 g/mol. The van der Waals surface area contributed by atoms with E-state index in [2.05, 4.69) is 53.4 Å². The summed E-state index contributed by atoms with van der Waals surface area (Å²) in [7, 11) is 2.27. The highest BCUT2D eigenvalue weighted by molar-refractivity contribution is 5.33. The molecule has 2 aliphatic heterocycles. The van der Waals surface area contributed by atoms with Gasteiger partial charge >= 0.3 is 0 Å². The minimum absolute atomic E-state index is 0.646. The molecule has 0 aromatic heterocycles. The molecule has 2 heterocycles. The fourth-order valence-corrected chi connectivity index (χ4v) is 3.95. The predicted octanol–water partition coefficient (Wildman–Crippen LogP) is 2.29. The molecule has 116 valence electrons. The van der Waals surface area contributed by atoms with Crippen molar-refractivity contribution in [2.45, 2.75) is 38.3 Å². The van der Waals surface area contributed by atoms with Gasteiger partial charge in [-0.25, -0.2) is 0 Å². The van der Waals surface area contributed by atoms with Crippen LogP contribution in [0, 0.1) is 0 Å². The SMILES string of the molecule is CCC1CN(C)CCCN1CC1CNCc2ccccc21. The van der Waals surface area contributed by atoms with E-state index in [1.165, 1.54) is 44.6 Å². The summed E-state index contributed by atoms with van der Waals surface area (Å²) in [6.45, 7) is 9.42. The van der Waals surface area contributed by atoms with Crippen LogP contribution in [-0.4, -0.2) is 55.6 Å². The first-order valence-electron chi connectivity index (χ1n) is 8.49. The second-order valence-corrected chi connectivity index (χ2v) is 6.70. The number of fused-ring (bicyclic) bond motifs is 1. The zero-order chi connectivity index (χ0) is 14.7. The first kappa shape index (κ1) is 15.0. The minimum atomic E-state index is 0.646. The second kappa shape index (κ2) is 6.91. The van der Waals surface area contributed by atoms with E-state index in [4.69, 9.17) is 0 Å². The topological polar surface area (TPSA) is 18.5 Å². The molecule has 1 fully saturated rings. The molecule has 1 aromatic carbocycles. The zero-order valence-corrected chi connectivity index (χ0v) is 13.5. The molecule has 0 saturated carbocycles. The van der Waals surface area contributed by atoms with Gasteiger partial charge in [0, 0.05) is 38.1 Å². The summed E-state index contributed by atoms with van der Waals surface area (Å²) in [4.78, 5) is 5.25. The summed E-state index contributed by atoms with van der Waals surface area (Å²) < 4.78 is 0. The Kier molecular flexibility index (Phi) is 4.94. The van der Waals surface area contributed by atoms with Crippen molar-refractivity contribution in [3.05, 3.63) is 35.4 Å². The van der Waals surface area contributed by atoms with Crippen LogP contribution in [-0.2, 0) is 6.54 Å². The molecule has 0 bridgehead atoms. The van der Waals surface area contributed by atoms with Crippen LogP contribution >= 0.6 is 0 Å². The van der Waals surface area contributed by atoms with E-state index in [1.807, 2.05) is 0 Å². The molecule has 21 heavy (non-hydrogen) atoms. The molecule has 2 unspecified atom stereocenters. The van der Waals surface area contributed by atoms with Crippen molar-refractivity contribution in [3.8, 4) is 0 Å². The highest BCUT2D eigenvalue weighted by Crippen LogP contribution is 2.26. The number of nitrogens with zero attached hydrogens (tertiary/aromatic N) is 2. The van der Waals surface area contributed by atoms with E-state index in [-0.39, 0.29) is 0 Å².